The van der Waals surface area contributed by atoms with Crippen LogP contribution in [0.3, 0.4) is 0 Å². The van der Waals surface area contributed by atoms with Gasteiger partial charge >= 0.3 is 0 Å². The number of benzene rings is 2. The van der Waals surface area contributed by atoms with Crippen molar-refractivity contribution in [2.75, 3.05) is 13.1 Å². The van der Waals surface area contributed by atoms with E-state index in [1.807, 2.05) is 36.5 Å². The normalized spacial score (nSPS) is 16.9. The van der Waals surface area contributed by atoms with Gasteiger partial charge in [-0.05, 0) is 67.2 Å². The van der Waals surface area contributed by atoms with Crippen LogP contribution in [0.1, 0.15) is 29.9 Å². The molecule has 5 heteroatoms. The Morgan fingerprint density at radius 2 is 1.82 bits per heavy atom. The standard InChI is InChI=1S/C23H24ClN3O/c24-19-7-5-16(6-8-19)22(23(25)28)17-10-13-27(14-11-17)15-18-9-12-26-21-4-2-1-3-20(18)21/h1-9,12,17,22H,10-11,13-15H2,(H2,25,28). The molecule has 1 saturated heterocycles. The minimum atomic E-state index is -0.249. The summed E-state index contributed by atoms with van der Waals surface area (Å²) in [5.41, 5.74) is 9.07. The molecular formula is C23H24ClN3O. The second-order valence-electron chi connectivity index (χ2n) is 7.53. The second kappa shape index (κ2) is 8.29. The highest BCUT2D eigenvalue weighted by molar-refractivity contribution is 6.30. The van der Waals surface area contributed by atoms with Gasteiger partial charge in [0, 0.05) is 23.2 Å². The minimum absolute atomic E-state index is 0.249. The first-order valence-corrected chi connectivity index (χ1v) is 10.1. The number of hydrogen-bond donors (Lipinski definition) is 1. The lowest BCUT2D eigenvalue weighted by Gasteiger charge is -2.35. The fraction of sp³-hybridized carbons (Fsp3) is 0.304. The van der Waals surface area contributed by atoms with Crippen LogP contribution in [0.4, 0.5) is 0 Å². The van der Waals surface area contributed by atoms with Gasteiger partial charge in [-0.1, -0.05) is 41.9 Å². The predicted octanol–water partition coefficient (Wildman–Crippen LogP) is 4.37. The lowest BCUT2D eigenvalue weighted by atomic mass is 9.79. The zero-order valence-electron chi connectivity index (χ0n) is 15.7. The number of hydrogen-bond acceptors (Lipinski definition) is 3. The number of nitrogens with zero attached hydrogens (tertiary/aromatic N) is 2. The second-order valence-corrected chi connectivity index (χ2v) is 7.97. The average Bonchev–Trinajstić information content (AvgIpc) is 2.71. The first-order valence-electron chi connectivity index (χ1n) is 9.71. The van der Waals surface area contributed by atoms with E-state index in [0.29, 0.717) is 5.02 Å². The van der Waals surface area contributed by atoms with E-state index in [2.05, 4.69) is 34.1 Å². The predicted molar refractivity (Wildman–Crippen MR) is 113 cm³/mol. The van der Waals surface area contributed by atoms with Crippen molar-refractivity contribution in [3.63, 3.8) is 0 Å². The number of primary amides is 1. The number of nitrogens with two attached hydrogens (primary N) is 1. The summed E-state index contributed by atoms with van der Waals surface area (Å²) < 4.78 is 0. The Hall–Kier alpha value is -2.43. The molecule has 3 aromatic rings. The fourth-order valence-electron chi connectivity index (χ4n) is 4.32. The van der Waals surface area contributed by atoms with Crippen LogP contribution >= 0.6 is 11.6 Å². The summed E-state index contributed by atoms with van der Waals surface area (Å²) >= 11 is 5.99. The van der Waals surface area contributed by atoms with Gasteiger partial charge in [-0.25, -0.2) is 0 Å². The largest absolute Gasteiger partial charge is 0.369 e. The van der Waals surface area contributed by atoms with Crippen LogP contribution in [0.5, 0.6) is 0 Å². The molecule has 2 aromatic carbocycles. The number of amides is 1. The molecule has 0 saturated carbocycles. The maximum Gasteiger partial charge on any atom is 0.225 e. The van der Waals surface area contributed by atoms with Crippen LogP contribution in [0.25, 0.3) is 10.9 Å². The third-order valence-electron chi connectivity index (χ3n) is 5.77. The molecule has 0 spiro atoms. The first-order chi connectivity index (χ1) is 13.6. The number of fused-ring (bicyclic) bond motifs is 1. The zero-order chi connectivity index (χ0) is 19.5. The van der Waals surface area contributed by atoms with Crippen molar-refractivity contribution in [1.82, 2.24) is 9.88 Å². The van der Waals surface area contributed by atoms with E-state index in [-0.39, 0.29) is 17.7 Å². The summed E-state index contributed by atoms with van der Waals surface area (Å²) in [7, 11) is 0. The number of piperidine rings is 1. The Morgan fingerprint density at radius 3 is 2.54 bits per heavy atom. The highest BCUT2D eigenvalue weighted by atomic mass is 35.5. The number of carbonyl (C=O) groups is 1. The van der Waals surface area contributed by atoms with Crippen molar-refractivity contribution >= 4 is 28.4 Å². The topological polar surface area (TPSA) is 59.2 Å². The fourth-order valence-corrected chi connectivity index (χ4v) is 4.44. The molecule has 2 N–H and O–H groups in total. The monoisotopic (exact) mass is 393 g/mol. The van der Waals surface area contributed by atoms with E-state index in [4.69, 9.17) is 17.3 Å². The molecule has 28 heavy (non-hydrogen) atoms. The number of pyridine rings is 1. The van der Waals surface area contributed by atoms with Crippen molar-refractivity contribution in [3.05, 3.63) is 76.9 Å². The Balaban J connectivity index is 1.45. The molecule has 1 amide bonds. The van der Waals surface area contributed by atoms with Crippen molar-refractivity contribution in [3.8, 4) is 0 Å². The third-order valence-corrected chi connectivity index (χ3v) is 6.02. The molecule has 144 valence electrons. The molecule has 1 aromatic heterocycles. The highest BCUT2D eigenvalue weighted by Crippen LogP contribution is 2.34. The summed E-state index contributed by atoms with van der Waals surface area (Å²) in [4.78, 5) is 19.1. The van der Waals surface area contributed by atoms with E-state index in [1.165, 1.54) is 10.9 Å². The molecule has 1 aliphatic rings. The SMILES string of the molecule is NC(=O)C(c1ccc(Cl)cc1)C1CCN(Cc2ccnc3ccccc23)CC1. The van der Waals surface area contributed by atoms with Gasteiger partial charge < -0.3 is 5.73 Å². The van der Waals surface area contributed by atoms with Crippen LogP contribution in [0.2, 0.25) is 5.02 Å². The van der Waals surface area contributed by atoms with Gasteiger partial charge in [0.05, 0.1) is 11.4 Å². The van der Waals surface area contributed by atoms with Crippen LogP contribution in [0, 0.1) is 5.92 Å². The Kier molecular flexibility index (Phi) is 5.60. The third kappa shape index (κ3) is 4.03. The molecule has 4 rings (SSSR count). The highest BCUT2D eigenvalue weighted by Gasteiger charge is 2.31. The summed E-state index contributed by atoms with van der Waals surface area (Å²) in [6.07, 6.45) is 3.80. The number of likely N-dealkylation sites (tertiary alicyclic amines) is 1. The number of halogens is 1. The van der Waals surface area contributed by atoms with Crippen molar-refractivity contribution < 1.29 is 4.79 Å². The minimum Gasteiger partial charge on any atom is -0.369 e. The maximum atomic E-state index is 12.2. The molecule has 0 bridgehead atoms. The molecule has 0 aliphatic carbocycles. The Morgan fingerprint density at radius 1 is 1.11 bits per heavy atom. The molecule has 1 unspecified atom stereocenters. The lowest BCUT2D eigenvalue weighted by Crippen LogP contribution is -2.38. The number of para-hydroxylation sites is 1. The average molecular weight is 394 g/mol. The number of aromatic nitrogens is 1. The van der Waals surface area contributed by atoms with E-state index in [9.17, 15) is 4.79 Å². The number of rotatable bonds is 5. The molecule has 1 fully saturated rings. The summed E-state index contributed by atoms with van der Waals surface area (Å²) in [5.74, 6) is -0.230. The van der Waals surface area contributed by atoms with Gasteiger partial charge in [-0.3, -0.25) is 14.7 Å². The van der Waals surface area contributed by atoms with Gasteiger partial charge in [-0.15, -0.1) is 0 Å². The van der Waals surface area contributed by atoms with E-state index in [0.717, 1.165) is 43.6 Å². The smallest absolute Gasteiger partial charge is 0.225 e. The van der Waals surface area contributed by atoms with Gasteiger partial charge in [0.2, 0.25) is 5.91 Å². The van der Waals surface area contributed by atoms with Crippen molar-refractivity contribution in [2.45, 2.75) is 25.3 Å². The molecular weight excluding hydrogens is 370 g/mol. The Labute approximate surface area is 170 Å². The zero-order valence-corrected chi connectivity index (χ0v) is 16.5. The summed E-state index contributed by atoms with van der Waals surface area (Å²) in [6.45, 7) is 2.81. The van der Waals surface area contributed by atoms with Crippen LogP contribution < -0.4 is 5.73 Å². The molecule has 1 aliphatic heterocycles. The maximum absolute atomic E-state index is 12.2. The van der Waals surface area contributed by atoms with Gasteiger partial charge in [0.1, 0.15) is 0 Å². The van der Waals surface area contributed by atoms with Crippen molar-refractivity contribution in [1.29, 1.82) is 0 Å². The van der Waals surface area contributed by atoms with Gasteiger partial charge in [0.25, 0.3) is 0 Å². The molecule has 0 radical (unpaired) electrons. The van der Waals surface area contributed by atoms with E-state index >= 15 is 0 Å². The Bertz CT molecular complexity index is 960. The van der Waals surface area contributed by atoms with Gasteiger partial charge in [0.15, 0.2) is 0 Å². The van der Waals surface area contributed by atoms with Crippen molar-refractivity contribution in [2.24, 2.45) is 11.7 Å². The summed E-state index contributed by atoms with van der Waals surface area (Å²) in [6, 6.07) is 17.9. The molecule has 2 heterocycles. The quantitative estimate of drug-likeness (QED) is 0.700. The molecule has 4 nitrogen and oxygen atoms in total. The number of carbonyl (C=O) groups excluding carboxylic acids is 1. The van der Waals surface area contributed by atoms with Gasteiger partial charge in [-0.2, -0.15) is 0 Å². The first kappa shape index (κ1) is 18.9. The molecule has 1 atom stereocenters. The summed E-state index contributed by atoms with van der Waals surface area (Å²) in [5, 5.41) is 1.88. The van der Waals surface area contributed by atoms with Crippen LogP contribution in [-0.2, 0) is 11.3 Å². The van der Waals surface area contributed by atoms with Crippen LogP contribution in [0.15, 0.2) is 60.8 Å². The lowest BCUT2D eigenvalue weighted by molar-refractivity contribution is -0.121. The van der Waals surface area contributed by atoms with Crippen LogP contribution in [-0.4, -0.2) is 28.9 Å². The van der Waals surface area contributed by atoms with E-state index < -0.39 is 0 Å². The van der Waals surface area contributed by atoms with E-state index in [1.54, 1.807) is 0 Å².